The van der Waals surface area contributed by atoms with Crippen LogP contribution in [0.1, 0.15) is 19.3 Å². The Morgan fingerprint density at radius 2 is 1.00 bits per heavy atom. The van der Waals surface area contributed by atoms with Crippen molar-refractivity contribution in [1.82, 2.24) is 0 Å². The van der Waals surface area contributed by atoms with Crippen LogP contribution in [0.2, 0.25) is 0 Å². The van der Waals surface area contributed by atoms with E-state index in [1.54, 1.807) is 0 Å². The molecule has 0 aromatic heterocycles. The predicted molar refractivity (Wildman–Crippen MR) is 96.0 cm³/mol. The third-order valence-electron chi connectivity index (χ3n) is 1.58. The molecule has 0 atom stereocenters. The summed E-state index contributed by atoms with van der Waals surface area (Å²) in [5.41, 5.74) is 0. The number of rotatable bonds is 12. The molecule has 0 saturated heterocycles. The van der Waals surface area contributed by atoms with E-state index in [0.29, 0.717) is 19.8 Å². The smallest absolute Gasteiger partial charge is 0.287 e. The van der Waals surface area contributed by atoms with Gasteiger partial charge in [0.15, 0.2) is 0 Å². The van der Waals surface area contributed by atoms with Gasteiger partial charge in [-0.05, 0) is 19.3 Å². The summed E-state index contributed by atoms with van der Waals surface area (Å²) in [4.78, 5) is 0. The van der Waals surface area contributed by atoms with Crippen LogP contribution in [0.5, 0.6) is 0 Å². The van der Waals surface area contributed by atoms with Gasteiger partial charge >= 0.3 is 7.82 Å². The Bertz CT molecular complexity index is 185. The Kier molecular flexibility index (Phi) is 15.1. The molecule has 0 fully saturated rings. The lowest BCUT2D eigenvalue weighted by Gasteiger charge is -2.17. The maximum Gasteiger partial charge on any atom is 0.474 e. The summed E-state index contributed by atoms with van der Waals surface area (Å²) < 4.78 is 30.9. The third-order valence-corrected chi connectivity index (χ3v) is 5.37. The summed E-state index contributed by atoms with van der Waals surface area (Å²) in [6.45, 7) is 1.28. The molecule has 0 aliphatic rings. The van der Waals surface area contributed by atoms with Gasteiger partial charge in [-0.1, -0.05) is 67.8 Å². The van der Waals surface area contributed by atoms with Gasteiger partial charge in [-0.3, -0.25) is 13.6 Å². The lowest BCUT2D eigenvalue weighted by atomic mass is 10.5. The van der Waals surface area contributed by atoms with Crippen LogP contribution in [-0.2, 0) is 18.1 Å². The highest BCUT2D eigenvalue weighted by molar-refractivity contribution is 14.1. The molecule has 0 saturated carbocycles. The van der Waals surface area contributed by atoms with Crippen molar-refractivity contribution in [2.75, 3.05) is 33.1 Å². The molecule has 0 amide bonds. The molecule has 0 unspecified atom stereocenters. The fraction of sp³-hybridized carbons (Fsp3) is 1.00. The average Bonchev–Trinajstić information content (AvgIpc) is 2.30. The normalized spacial score (nSPS) is 11.9. The molecule has 17 heavy (non-hydrogen) atoms. The SMILES string of the molecule is O=P(OCCCI)(OCCCI)OCCCI. The summed E-state index contributed by atoms with van der Waals surface area (Å²) in [5.74, 6) is 0. The van der Waals surface area contributed by atoms with E-state index in [-0.39, 0.29) is 0 Å². The molecule has 0 spiro atoms. The highest BCUT2D eigenvalue weighted by Gasteiger charge is 2.25. The zero-order valence-electron chi connectivity index (χ0n) is 9.58. The number of hydrogen-bond donors (Lipinski definition) is 0. The molecule has 0 rings (SSSR count). The van der Waals surface area contributed by atoms with Crippen LogP contribution in [0.3, 0.4) is 0 Å². The molecule has 0 aliphatic carbocycles. The first-order chi connectivity index (χ1) is 8.18. The quantitative estimate of drug-likeness (QED) is 0.142. The van der Waals surface area contributed by atoms with Crippen molar-refractivity contribution < 1.29 is 18.1 Å². The second-order valence-electron chi connectivity index (χ2n) is 3.07. The molecule has 0 radical (unpaired) electrons. The van der Waals surface area contributed by atoms with Crippen molar-refractivity contribution in [3.8, 4) is 0 Å². The van der Waals surface area contributed by atoms with Crippen molar-refractivity contribution >= 4 is 75.6 Å². The maximum atomic E-state index is 12.2. The molecule has 0 N–H and O–H groups in total. The van der Waals surface area contributed by atoms with Crippen LogP contribution in [0, 0.1) is 0 Å². The van der Waals surface area contributed by atoms with Gasteiger partial charge in [0.2, 0.25) is 0 Å². The van der Waals surface area contributed by atoms with E-state index >= 15 is 0 Å². The Hall–Kier alpha value is 2.30. The molecular formula is C9H18I3O4P. The third kappa shape index (κ3) is 11.8. The standard InChI is InChI=1S/C9H18I3O4P/c10-4-1-7-14-17(13,15-8-2-5-11)16-9-3-6-12/h1-9H2. The number of phosphoric acid groups is 1. The van der Waals surface area contributed by atoms with Crippen LogP contribution in [0.25, 0.3) is 0 Å². The fourth-order valence-corrected chi connectivity index (χ4v) is 3.02. The van der Waals surface area contributed by atoms with Gasteiger partial charge in [-0.25, -0.2) is 4.57 Å². The summed E-state index contributed by atoms with van der Waals surface area (Å²) in [5, 5.41) is 0. The highest BCUT2D eigenvalue weighted by Crippen LogP contribution is 2.49. The minimum Gasteiger partial charge on any atom is -0.287 e. The Morgan fingerprint density at radius 3 is 1.24 bits per heavy atom. The van der Waals surface area contributed by atoms with E-state index in [4.69, 9.17) is 13.6 Å². The molecule has 0 aromatic carbocycles. The van der Waals surface area contributed by atoms with Crippen LogP contribution in [0.15, 0.2) is 0 Å². The molecule has 104 valence electrons. The number of halogens is 3. The minimum absolute atomic E-state index is 0.425. The van der Waals surface area contributed by atoms with Gasteiger partial charge in [0.25, 0.3) is 0 Å². The molecule has 4 nitrogen and oxygen atoms in total. The number of phosphoric ester groups is 1. The number of alkyl halides is 3. The fourth-order valence-electron chi connectivity index (χ4n) is 0.805. The Morgan fingerprint density at radius 1 is 0.706 bits per heavy atom. The van der Waals surface area contributed by atoms with E-state index in [2.05, 4.69) is 67.8 Å². The zero-order valence-corrected chi connectivity index (χ0v) is 16.9. The van der Waals surface area contributed by atoms with Crippen molar-refractivity contribution in [2.45, 2.75) is 19.3 Å². The molecule has 0 bridgehead atoms. The van der Waals surface area contributed by atoms with E-state index in [1.165, 1.54) is 0 Å². The first-order valence-electron chi connectivity index (χ1n) is 5.40. The van der Waals surface area contributed by atoms with Gasteiger partial charge in [0, 0.05) is 13.3 Å². The lowest BCUT2D eigenvalue weighted by molar-refractivity contribution is 0.114. The lowest BCUT2D eigenvalue weighted by Crippen LogP contribution is -2.04. The highest BCUT2D eigenvalue weighted by atomic mass is 127. The van der Waals surface area contributed by atoms with Gasteiger partial charge in [0.1, 0.15) is 0 Å². The van der Waals surface area contributed by atoms with Crippen molar-refractivity contribution in [1.29, 1.82) is 0 Å². The first kappa shape index (κ1) is 19.3. The topological polar surface area (TPSA) is 44.8 Å². The van der Waals surface area contributed by atoms with E-state index in [0.717, 1.165) is 32.5 Å². The summed E-state index contributed by atoms with van der Waals surface area (Å²) in [7, 11) is -3.32. The summed E-state index contributed by atoms with van der Waals surface area (Å²) in [6.07, 6.45) is 2.57. The molecule has 0 heterocycles. The van der Waals surface area contributed by atoms with Crippen LogP contribution in [0.4, 0.5) is 0 Å². The van der Waals surface area contributed by atoms with Gasteiger partial charge in [-0.2, -0.15) is 0 Å². The summed E-state index contributed by atoms with van der Waals surface area (Å²) in [6, 6.07) is 0. The van der Waals surface area contributed by atoms with Crippen molar-refractivity contribution in [3.05, 3.63) is 0 Å². The molecule has 0 aliphatic heterocycles. The molecule has 8 heteroatoms. The Labute approximate surface area is 144 Å². The van der Waals surface area contributed by atoms with Crippen LogP contribution < -0.4 is 0 Å². The van der Waals surface area contributed by atoms with E-state index < -0.39 is 7.82 Å². The molecule has 0 aromatic rings. The largest absolute Gasteiger partial charge is 0.474 e. The molecular weight excluding hydrogens is 584 g/mol. The van der Waals surface area contributed by atoms with E-state index in [9.17, 15) is 4.57 Å². The second kappa shape index (κ2) is 13.3. The van der Waals surface area contributed by atoms with E-state index in [1.807, 2.05) is 0 Å². The van der Waals surface area contributed by atoms with Gasteiger partial charge in [0.05, 0.1) is 19.8 Å². The number of hydrogen-bond acceptors (Lipinski definition) is 4. The minimum atomic E-state index is -3.32. The van der Waals surface area contributed by atoms with Gasteiger partial charge in [-0.15, -0.1) is 0 Å². The van der Waals surface area contributed by atoms with Crippen LogP contribution in [-0.4, -0.2) is 33.1 Å². The van der Waals surface area contributed by atoms with Crippen molar-refractivity contribution in [2.24, 2.45) is 0 Å². The zero-order chi connectivity index (χ0) is 13.0. The Balaban J connectivity index is 4.00. The van der Waals surface area contributed by atoms with Crippen molar-refractivity contribution in [3.63, 3.8) is 0 Å². The second-order valence-corrected chi connectivity index (χ2v) is 7.98. The predicted octanol–water partition coefficient (Wildman–Crippen LogP) is 4.62. The average molecular weight is 602 g/mol. The summed E-state index contributed by atoms with van der Waals surface area (Å²) >= 11 is 6.77. The van der Waals surface area contributed by atoms with Gasteiger partial charge < -0.3 is 0 Å². The maximum absolute atomic E-state index is 12.2. The monoisotopic (exact) mass is 602 g/mol. The van der Waals surface area contributed by atoms with Crippen LogP contribution >= 0.6 is 75.6 Å². The first-order valence-corrected chi connectivity index (χ1v) is 11.4.